The third-order valence-electron chi connectivity index (χ3n) is 4.06. The van der Waals surface area contributed by atoms with E-state index in [1.807, 2.05) is 37.3 Å². The van der Waals surface area contributed by atoms with Crippen LogP contribution >= 0.6 is 11.6 Å². The van der Waals surface area contributed by atoms with Gasteiger partial charge in [-0.1, -0.05) is 35.9 Å². The zero-order chi connectivity index (χ0) is 19.1. The highest BCUT2D eigenvalue weighted by Gasteiger charge is 2.14. The molecule has 2 aromatic carbocycles. The predicted molar refractivity (Wildman–Crippen MR) is 104 cm³/mol. The summed E-state index contributed by atoms with van der Waals surface area (Å²) in [7, 11) is 1.59. The maximum absolute atomic E-state index is 12.2. The van der Waals surface area contributed by atoms with E-state index in [1.54, 1.807) is 24.1 Å². The number of amides is 2. The number of carbonyl (C=O) groups is 2. The Morgan fingerprint density at radius 1 is 1.19 bits per heavy atom. The van der Waals surface area contributed by atoms with Crippen molar-refractivity contribution in [2.24, 2.45) is 0 Å². The topological polar surface area (TPSA) is 58.6 Å². The smallest absolute Gasteiger partial charge is 0.226 e. The van der Waals surface area contributed by atoms with Crippen LogP contribution in [-0.2, 0) is 16.1 Å². The average molecular weight is 375 g/mol. The van der Waals surface area contributed by atoms with Crippen LogP contribution in [0.5, 0.6) is 5.75 Å². The summed E-state index contributed by atoms with van der Waals surface area (Å²) in [4.78, 5) is 25.8. The number of hydrogen-bond acceptors (Lipinski definition) is 3. The summed E-state index contributed by atoms with van der Waals surface area (Å²) < 4.78 is 5.32. The number of anilines is 1. The molecule has 1 N–H and O–H groups in total. The molecule has 0 aliphatic rings. The molecule has 0 saturated carbocycles. The van der Waals surface area contributed by atoms with Gasteiger partial charge in [-0.15, -0.1) is 0 Å². The van der Waals surface area contributed by atoms with Crippen LogP contribution in [0.15, 0.2) is 42.5 Å². The van der Waals surface area contributed by atoms with Gasteiger partial charge in [0, 0.05) is 42.7 Å². The largest absolute Gasteiger partial charge is 0.496 e. The Labute approximate surface area is 158 Å². The van der Waals surface area contributed by atoms with E-state index >= 15 is 0 Å². The quantitative estimate of drug-likeness (QED) is 0.795. The third kappa shape index (κ3) is 5.49. The molecule has 0 fully saturated rings. The van der Waals surface area contributed by atoms with Gasteiger partial charge in [-0.3, -0.25) is 9.59 Å². The van der Waals surface area contributed by atoms with E-state index in [0.29, 0.717) is 23.8 Å². The molecular weight excluding hydrogens is 352 g/mol. The highest BCUT2D eigenvalue weighted by molar-refractivity contribution is 6.31. The minimum absolute atomic E-state index is 0.0953. The fourth-order valence-corrected chi connectivity index (χ4v) is 2.70. The SMILES string of the molecule is COc1ccccc1CN(CCC(=O)Nc1ccc(C)c(Cl)c1)C(C)=O. The molecule has 0 radical (unpaired) electrons. The Balaban J connectivity index is 1.96. The molecule has 0 bridgehead atoms. The van der Waals surface area contributed by atoms with Gasteiger partial charge in [0.2, 0.25) is 11.8 Å². The van der Waals surface area contributed by atoms with E-state index < -0.39 is 0 Å². The molecular formula is C20H23ClN2O3. The molecule has 5 nitrogen and oxygen atoms in total. The highest BCUT2D eigenvalue weighted by atomic mass is 35.5. The Hall–Kier alpha value is -2.53. The molecule has 0 saturated heterocycles. The van der Waals surface area contributed by atoms with Gasteiger partial charge < -0.3 is 15.0 Å². The molecule has 6 heteroatoms. The Morgan fingerprint density at radius 3 is 2.58 bits per heavy atom. The van der Waals surface area contributed by atoms with E-state index in [-0.39, 0.29) is 18.2 Å². The summed E-state index contributed by atoms with van der Waals surface area (Å²) in [5.74, 6) is 0.454. The molecule has 138 valence electrons. The second kappa shape index (κ2) is 9.25. The summed E-state index contributed by atoms with van der Waals surface area (Å²) >= 11 is 6.07. The summed E-state index contributed by atoms with van der Waals surface area (Å²) in [5, 5.41) is 3.41. The fourth-order valence-electron chi connectivity index (χ4n) is 2.52. The van der Waals surface area contributed by atoms with Crippen molar-refractivity contribution in [2.45, 2.75) is 26.8 Å². The number of carbonyl (C=O) groups excluding carboxylic acids is 2. The number of hydrogen-bond donors (Lipinski definition) is 1. The van der Waals surface area contributed by atoms with Crippen LogP contribution in [0.1, 0.15) is 24.5 Å². The van der Waals surface area contributed by atoms with E-state index in [4.69, 9.17) is 16.3 Å². The Bertz CT molecular complexity index is 792. The van der Waals surface area contributed by atoms with Crippen molar-refractivity contribution in [3.63, 3.8) is 0 Å². The molecule has 26 heavy (non-hydrogen) atoms. The molecule has 2 aromatic rings. The summed E-state index contributed by atoms with van der Waals surface area (Å²) in [5.41, 5.74) is 2.49. The molecule has 0 aliphatic heterocycles. The van der Waals surface area contributed by atoms with Gasteiger partial charge in [0.05, 0.1) is 7.11 Å². The molecule has 2 rings (SSSR count). The van der Waals surface area contributed by atoms with Gasteiger partial charge in [0.25, 0.3) is 0 Å². The number of ether oxygens (including phenoxy) is 1. The van der Waals surface area contributed by atoms with Crippen molar-refractivity contribution in [1.29, 1.82) is 0 Å². The number of methoxy groups -OCH3 is 1. The number of halogens is 1. The lowest BCUT2D eigenvalue weighted by atomic mass is 10.1. The van der Waals surface area contributed by atoms with Gasteiger partial charge in [0.1, 0.15) is 5.75 Å². The number of benzene rings is 2. The van der Waals surface area contributed by atoms with Gasteiger partial charge >= 0.3 is 0 Å². The van der Waals surface area contributed by atoms with Crippen LogP contribution in [0.25, 0.3) is 0 Å². The first-order valence-corrected chi connectivity index (χ1v) is 8.72. The van der Waals surface area contributed by atoms with Crippen LogP contribution in [-0.4, -0.2) is 30.4 Å². The summed E-state index contributed by atoms with van der Waals surface area (Å²) in [6.45, 7) is 4.10. The minimum Gasteiger partial charge on any atom is -0.496 e. The highest BCUT2D eigenvalue weighted by Crippen LogP contribution is 2.21. The van der Waals surface area contributed by atoms with E-state index in [9.17, 15) is 9.59 Å². The lowest BCUT2D eigenvalue weighted by Crippen LogP contribution is -2.31. The van der Waals surface area contributed by atoms with Crippen LogP contribution in [0.4, 0.5) is 5.69 Å². The van der Waals surface area contributed by atoms with Crippen LogP contribution in [0.2, 0.25) is 5.02 Å². The van der Waals surface area contributed by atoms with Crippen molar-refractivity contribution >= 4 is 29.1 Å². The summed E-state index contributed by atoms with van der Waals surface area (Å²) in [6.07, 6.45) is 0.195. The van der Waals surface area contributed by atoms with Crippen LogP contribution < -0.4 is 10.1 Å². The third-order valence-corrected chi connectivity index (χ3v) is 4.47. The summed E-state index contributed by atoms with van der Waals surface area (Å²) in [6, 6.07) is 12.9. The first kappa shape index (κ1) is 19.8. The Kier molecular flexibility index (Phi) is 7.04. The minimum atomic E-state index is -0.170. The first-order valence-electron chi connectivity index (χ1n) is 8.34. The van der Waals surface area contributed by atoms with E-state index in [2.05, 4.69) is 5.32 Å². The lowest BCUT2D eigenvalue weighted by Gasteiger charge is -2.22. The van der Waals surface area contributed by atoms with Gasteiger partial charge in [-0.2, -0.15) is 0 Å². The molecule has 2 amide bonds. The molecule has 0 heterocycles. The maximum Gasteiger partial charge on any atom is 0.226 e. The molecule has 0 aliphatic carbocycles. The van der Waals surface area contributed by atoms with Crippen molar-refractivity contribution in [2.75, 3.05) is 19.0 Å². The lowest BCUT2D eigenvalue weighted by molar-refractivity contribution is -0.129. The number of aryl methyl sites for hydroxylation is 1. The maximum atomic E-state index is 12.2. The first-order chi connectivity index (χ1) is 12.4. The monoisotopic (exact) mass is 374 g/mol. The number of rotatable bonds is 7. The van der Waals surface area contributed by atoms with E-state index in [1.165, 1.54) is 6.92 Å². The standard InChI is InChI=1S/C20H23ClN2O3/c1-14-8-9-17(12-18(14)21)22-20(25)10-11-23(15(2)24)13-16-6-4-5-7-19(16)26-3/h4-9,12H,10-11,13H2,1-3H3,(H,22,25). The molecule has 0 atom stereocenters. The van der Waals surface area contributed by atoms with Gasteiger partial charge in [-0.05, 0) is 30.7 Å². The van der Waals surface area contributed by atoms with Crippen LogP contribution in [0.3, 0.4) is 0 Å². The predicted octanol–water partition coefficient (Wildman–Crippen LogP) is 4.03. The van der Waals surface area contributed by atoms with Crippen molar-refractivity contribution in [3.8, 4) is 5.75 Å². The van der Waals surface area contributed by atoms with Gasteiger partial charge in [0.15, 0.2) is 0 Å². The second-order valence-corrected chi connectivity index (χ2v) is 6.42. The number of nitrogens with one attached hydrogen (secondary N) is 1. The van der Waals surface area contributed by atoms with Crippen LogP contribution in [0, 0.1) is 6.92 Å². The Morgan fingerprint density at radius 2 is 1.92 bits per heavy atom. The average Bonchev–Trinajstić information content (AvgIpc) is 2.61. The normalized spacial score (nSPS) is 10.3. The molecule has 0 spiro atoms. The number of nitrogens with zero attached hydrogens (tertiary/aromatic N) is 1. The zero-order valence-electron chi connectivity index (χ0n) is 15.2. The second-order valence-electron chi connectivity index (χ2n) is 6.01. The van der Waals surface area contributed by atoms with Crippen molar-refractivity contribution in [3.05, 3.63) is 58.6 Å². The molecule has 0 aromatic heterocycles. The van der Waals surface area contributed by atoms with E-state index in [0.717, 1.165) is 16.9 Å². The molecule has 0 unspecified atom stereocenters. The fraction of sp³-hybridized carbons (Fsp3) is 0.300. The van der Waals surface area contributed by atoms with Crippen molar-refractivity contribution < 1.29 is 14.3 Å². The van der Waals surface area contributed by atoms with Gasteiger partial charge in [-0.25, -0.2) is 0 Å². The number of para-hydroxylation sites is 1. The zero-order valence-corrected chi connectivity index (χ0v) is 16.0. The van der Waals surface area contributed by atoms with Crippen molar-refractivity contribution in [1.82, 2.24) is 4.90 Å².